The van der Waals surface area contributed by atoms with E-state index in [1.165, 1.54) is 19.1 Å². The first-order chi connectivity index (χ1) is 16.0. The maximum absolute atomic E-state index is 13.6. The molecule has 1 fully saturated rings. The number of aryl methyl sites for hydroxylation is 1. The molecule has 5 nitrogen and oxygen atoms in total. The second-order valence-electron chi connectivity index (χ2n) is 10.3. The molecule has 2 atom stereocenters. The van der Waals surface area contributed by atoms with Gasteiger partial charge >= 0.3 is 6.18 Å². The number of amides is 1. The van der Waals surface area contributed by atoms with E-state index in [9.17, 15) is 22.4 Å². The van der Waals surface area contributed by atoms with Gasteiger partial charge in [0.2, 0.25) is 5.91 Å². The molecule has 2 heterocycles. The number of carbonyl (C=O) groups excluding carboxylic acids is 1. The van der Waals surface area contributed by atoms with Crippen LogP contribution in [0.5, 0.6) is 0 Å². The Hall–Kier alpha value is -2.17. The fraction of sp³-hybridized carbons (Fsp3) is 0.500. The number of nitrogens with zero attached hydrogens (tertiary/aromatic N) is 2. The predicted molar refractivity (Wildman–Crippen MR) is 132 cm³/mol. The second kappa shape index (κ2) is 9.70. The molecule has 0 unspecified atom stereocenters. The van der Waals surface area contributed by atoms with Gasteiger partial charge in [-0.2, -0.15) is 13.2 Å². The van der Waals surface area contributed by atoms with Crippen LogP contribution in [-0.4, -0.2) is 37.9 Å². The molecule has 192 valence electrons. The average molecular weight is 532 g/mol. The highest BCUT2D eigenvalue weighted by molar-refractivity contribution is 6.74. The van der Waals surface area contributed by atoms with E-state index in [-0.39, 0.29) is 33.8 Å². The summed E-state index contributed by atoms with van der Waals surface area (Å²) in [5, 5.41) is 2.42. The minimum absolute atomic E-state index is 0.0518. The largest absolute Gasteiger partial charge is 0.416 e. The lowest BCUT2D eigenvalue weighted by molar-refractivity contribution is -0.137. The zero-order valence-corrected chi connectivity index (χ0v) is 22.3. The molecule has 0 aliphatic carbocycles. The second-order valence-corrected chi connectivity index (χ2v) is 15.5. The van der Waals surface area contributed by atoms with Crippen molar-refractivity contribution in [3.8, 4) is 0 Å². The van der Waals surface area contributed by atoms with Gasteiger partial charge in [0.15, 0.2) is 8.32 Å². The van der Waals surface area contributed by atoms with Crippen LogP contribution in [-0.2, 0) is 15.4 Å². The molecule has 0 radical (unpaired) electrons. The fourth-order valence-electron chi connectivity index (χ4n) is 3.76. The molecule has 1 amide bonds. The molecular weight excluding hydrogens is 502 g/mol. The third-order valence-corrected chi connectivity index (χ3v) is 11.4. The van der Waals surface area contributed by atoms with Crippen molar-refractivity contribution in [3.63, 3.8) is 0 Å². The first kappa shape index (κ1) is 27.4. The first-order valence-corrected chi connectivity index (χ1v) is 14.5. The van der Waals surface area contributed by atoms with Gasteiger partial charge in [-0.15, -0.1) is 0 Å². The smallest absolute Gasteiger partial charge is 0.411 e. The Balaban J connectivity index is 2.00. The highest BCUT2D eigenvalue weighted by Gasteiger charge is 2.47. The van der Waals surface area contributed by atoms with Gasteiger partial charge in [0, 0.05) is 17.9 Å². The van der Waals surface area contributed by atoms with E-state index in [0.717, 1.165) is 18.2 Å². The Morgan fingerprint density at radius 2 is 1.86 bits per heavy atom. The lowest BCUT2D eigenvalue weighted by Crippen LogP contribution is -2.52. The van der Waals surface area contributed by atoms with Crippen molar-refractivity contribution >= 4 is 37.3 Å². The maximum Gasteiger partial charge on any atom is 0.416 e. The maximum atomic E-state index is 13.6. The third-order valence-electron chi connectivity index (χ3n) is 6.61. The molecule has 1 aliphatic rings. The third kappa shape index (κ3) is 6.15. The van der Waals surface area contributed by atoms with E-state index in [1.54, 1.807) is 4.90 Å². The van der Waals surface area contributed by atoms with Crippen molar-refractivity contribution in [2.24, 2.45) is 0 Å². The summed E-state index contributed by atoms with van der Waals surface area (Å²) in [5.41, 5.74) is -0.376. The molecule has 1 aromatic carbocycles. The number of halogens is 5. The molecule has 3 rings (SSSR count). The minimum atomic E-state index is -4.55. The Morgan fingerprint density at radius 3 is 2.43 bits per heavy atom. The van der Waals surface area contributed by atoms with Gasteiger partial charge in [-0.1, -0.05) is 32.4 Å². The summed E-state index contributed by atoms with van der Waals surface area (Å²) < 4.78 is 60.6. The normalized spacial score (nSPS) is 19.2. The topological polar surface area (TPSA) is 54.5 Å². The number of hydrogen-bond donors (Lipinski definition) is 1. The van der Waals surface area contributed by atoms with Crippen LogP contribution in [0.3, 0.4) is 0 Å². The molecule has 0 saturated carbocycles. The van der Waals surface area contributed by atoms with Crippen LogP contribution in [0, 0.1) is 12.7 Å². The number of carbonyl (C=O) groups is 1. The van der Waals surface area contributed by atoms with Crippen LogP contribution < -0.4 is 10.2 Å². The Kier molecular flexibility index (Phi) is 7.60. The molecule has 35 heavy (non-hydrogen) atoms. The average Bonchev–Trinajstić information content (AvgIpc) is 3.12. The summed E-state index contributed by atoms with van der Waals surface area (Å²) in [4.78, 5) is 19.4. The summed E-state index contributed by atoms with van der Waals surface area (Å²) in [7, 11) is -2.33. The molecule has 1 saturated heterocycles. The zero-order valence-electron chi connectivity index (χ0n) is 20.6. The van der Waals surface area contributed by atoms with Gasteiger partial charge in [0.25, 0.3) is 0 Å². The van der Waals surface area contributed by atoms with E-state index in [4.69, 9.17) is 16.0 Å². The van der Waals surface area contributed by atoms with E-state index in [0.29, 0.717) is 6.42 Å². The summed E-state index contributed by atoms with van der Waals surface area (Å²) in [6.07, 6.45) is -4.68. The van der Waals surface area contributed by atoms with E-state index in [2.05, 4.69) is 44.2 Å². The van der Waals surface area contributed by atoms with Gasteiger partial charge in [-0.05, 0) is 61.8 Å². The number of alkyl halides is 3. The number of aromatic nitrogens is 1. The van der Waals surface area contributed by atoms with Gasteiger partial charge in [-0.3, -0.25) is 4.79 Å². The van der Waals surface area contributed by atoms with E-state index in [1.807, 2.05) is 0 Å². The molecule has 1 aliphatic heterocycles. The van der Waals surface area contributed by atoms with Crippen LogP contribution in [0.25, 0.3) is 0 Å². The van der Waals surface area contributed by atoms with Crippen LogP contribution in [0.4, 0.5) is 29.1 Å². The molecule has 1 N–H and O–H groups in total. The number of anilines is 2. The molecule has 2 aromatic rings. The van der Waals surface area contributed by atoms with Crippen molar-refractivity contribution in [2.45, 2.75) is 70.6 Å². The SMILES string of the molecule is Cc1cc(C(F)(F)F)cc(N2CC[C@@H](O[Si](C)(C)C(C)(C)C)[C@H]2C(=O)Nc2ccc(F)c(Cl)c2)n1. The Labute approximate surface area is 209 Å². The van der Waals surface area contributed by atoms with Crippen LogP contribution in [0.2, 0.25) is 23.2 Å². The quantitative estimate of drug-likeness (QED) is 0.340. The lowest BCUT2D eigenvalue weighted by atomic mass is 10.1. The van der Waals surface area contributed by atoms with E-state index >= 15 is 0 Å². The fourth-order valence-corrected chi connectivity index (χ4v) is 5.30. The van der Waals surface area contributed by atoms with Gasteiger partial charge in [0.05, 0.1) is 16.7 Å². The summed E-state index contributed by atoms with van der Waals surface area (Å²) in [6.45, 7) is 12.1. The van der Waals surface area contributed by atoms with Crippen molar-refractivity contribution < 1.29 is 26.8 Å². The van der Waals surface area contributed by atoms with E-state index < -0.39 is 43.9 Å². The number of benzene rings is 1. The van der Waals surface area contributed by atoms with Gasteiger partial charge < -0.3 is 14.6 Å². The van der Waals surface area contributed by atoms with Gasteiger partial charge in [-0.25, -0.2) is 9.37 Å². The van der Waals surface area contributed by atoms with Crippen molar-refractivity contribution in [2.75, 3.05) is 16.8 Å². The Bertz CT molecular complexity index is 1110. The summed E-state index contributed by atoms with van der Waals surface area (Å²) in [6, 6.07) is 4.77. The molecule has 0 bridgehead atoms. The van der Waals surface area contributed by atoms with Crippen LogP contribution in [0.1, 0.15) is 38.4 Å². The van der Waals surface area contributed by atoms with Crippen LogP contribution >= 0.6 is 11.6 Å². The van der Waals surface area contributed by atoms with Crippen molar-refractivity contribution in [3.05, 3.63) is 52.4 Å². The predicted octanol–water partition coefficient (Wildman–Crippen LogP) is 6.81. The lowest BCUT2D eigenvalue weighted by Gasteiger charge is -2.40. The number of hydrogen-bond acceptors (Lipinski definition) is 4. The van der Waals surface area contributed by atoms with Crippen molar-refractivity contribution in [1.82, 2.24) is 4.98 Å². The number of nitrogens with one attached hydrogen (secondary N) is 1. The monoisotopic (exact) mass is 531 g/mol. The standard InChI is InChI=1S/C24H30ClF4N3O2Si/c1-14-11-15(24(27,28)29)12-20(30-14)32-10-9-19(34-35(5,6)23(2,3)4)21(32)22(33)31-16-7-8-18(26)17(25)13-16/h7-8,11-13,19,21H,9-10H2,1-6H3,(H,31,33)/t19-,21+/m1/s1. The number of pyridine rings is 1. The first-order valence-electron chi connectivity index (χ1n) is 11.3. The van der Waals surface area contributed by atoms with Crippen molar-refractivity contribution in [1.29, 1.82) is 0 Å². The number of rotatable bonds is 5. The molecule has 1 aromatic heterocycles. The highest BCUT2D eigenvalue weighted by atomic mass is 35.5. The minimum Gasteiger partial charge on any atom is -0.411 e. The molecule has 11 heteroatoms. The molecular formula is C24H30ClF4N3O2Si. The Morgan fingerprint density at radius 1 is 1.20 bits per heavy atom. The van der Waals surface area contributed by atoms with Gasteiger partial charge in [0.1, 0.15) is 17.7 Å². The molecule has 0 spiro atoms. The summed E-state index contributed by atoms with van der Waals surface area (Å²) >= 11 is 5.85. The summed E-state index contributed by atoms with van der Waals surface area (Å²) in [5.74, 6) is -1.07. The van der Waals surface area contributed by atoms with Crippen LogP contribution in [0.15, 0.2) is 30.3 Å². The highest BCUT2D eigenvalue weighted by Crippen LogP contribution is 2.40. The zero-order chi connectivity index (χ0) is 26.3.